The number of carboxylic acid groups (broad SMARTS) is 1. The van der Waals surface area contributed by atoms with Crippen LogP contribution in [0.2, 0.25) is 0 Å². The van der Waals surface area contributed by atoms with Crippen molar-refractivity contribution in [1.29, 1.82) is 0 Å². The molecule has 0 spiro atoms. The Hall–Kier alpha value is -13.4. The van der Waals surface area contributed by atoms with Gasteiger partial charge in [-0.05, 0) is 139 Å². The number of benzene rings is 2. The Morgan fingerprint density at radius 2 is 1.17 bits per heavy atom. The lowest BCUT2D eigenvalue weighted by atomic mass is 10.0. The van der Waals surface area contributed by atoms with E-state index in [0.29, 0.717) is 25.0 Å². The fourth-order valence-electron chi connectivity index (χ4n) is 7.97. The summed E-state index contributed by atoms with van der Waals surface area (Å²) in [6, 6.07) is 36.3. The molecule has 4 amide bonds. The molecule has 14 rings (SSSR count). The van der Waals surface area contributed by atoms with E-state index in [2.05, 4.69) is 76.2 Å². The third kappa shape index (κ3) is 31.3. The lowest BCUT2D eigenvalue weighted by molar-refractivity contribution is -0.141. The molecule has 31 nitrogen and oxygen atoms in total. The van der Waals surface area contributed by atoms with E-state index < -0.39 is 35.0 Å². The number of hydrogen-bond acceptors (Lipinski definition) is 19. The number of nitrogens with one attached hydrogen (secondary N) is 8. The van der Waals surface area contributed by atoms with Gasteiger partial charge < -0.3 is 29.1 Å². The minimum absolute atomic E-state index is 0.0132. The fourth-order valence-corrected chi connectivity index (χ4v) is 7.97. The second-order valence-electron chi connectivity index (χ2n) is 22.8. The number of amides is 4. The first-order valence-electron chi connectivity index (χ1n) is 31.9. The smallest absolute Gasteiger partial charge is 0.435 e. The Balaban J connectivity index is 0.000000249. The van der Waals surface area contributed by atoms with Gasteiger partial charge in [0.1, 0.15) is 17.1 Å². The van der Waals surface area contributed by atoms with E-state index in [1.165, 1.54) is 68.9 Å². The van der Waals surface area contributed by atoms with Crippen molar-refractivity contribution >= 4 is 29.6 Å². The van der Waals surface area contributed by atoms with Gasteiger partial charge in [0.25, 0.3) is 0 Å². The lowest BCUT2D eigenvalue weighted by Crippen LogP contribution is -2.39. The summed E-state index contributed by atoms with van der Waals surface area (Å²) in [4.78, 5) is 126. The number of carbonyl (C=O) groups is 5. The molecule has 12 aromatic rings. The first-order chi connectivity index (χ1) is 50.1. The quantitative estimate of drug-likeness (QED) is 0.0586. The topological polar surface area (TPSA) is 441 Å². The number of carboxylic acids is 1. The minimum Gasteiger partial charge on any atom is -0.478 e. The molecule has 0 bridgehead atoms. The molecule has 106 heavy (non-hydrogen) atoms. The molecule has 9 N–H and O–H groups in total. The molecule has 0 aliphatic carbocycles. The van der Waals surface area contributed by atoms with E-state index in [-0.39, 0.29) is 80.9 Å². The van der Waals surface area contributed by atoms with Crippen LogP contribution in [0.5, 0.6) is 0 Å². The van der Waals surface area contributed by atoms with Gasteiger partial charge in [-0.2, -0.15) is 43.5 Å². The van der Waals surface area contributed by atoms with Gasteiger partial charge in [-0.15, -0.1) is 9.48 Å². The fraction of sp³-hybridized carbons (Fsp3) is 0.254. The van der Waals surface area contributed by atoms with Crippen LogP contribution in [0.1, 0.15) is 101 Å². The molecule has 2 fully saturated rings. The van der Waals surface area contributed by atoms with Crippen LogP contribution in [0.15, 0.2) is 197 Å². The number of aromatic amines is 6. The highest BCUT2D eigenvalue weighted by molar-refractivity contribution is 6.03. The van der Waals surface area contributed by atoms with E-state index in [1.807, 2.05) is 109 Å². The van der Waals surface area contributed by atoms with Crippen LogP contribution < -0.4 is 38.7 Å². The summed E-state index contributed by atoms with van der Waals surface area (Å²) in [7, 11) is 1.93. The zero-order valence-corrected chi connectivity index (χ0v) is 59.7. The van der Waals surface area contributed by atoms with Crippen LogP contribution in [0, 0.1) is 80.0 Å². The maximum Gasteiger partial charge on any atom is 0.435 e. The van der Waals surface area contributed by atoms with Gasteiger partial charge in [0, 0.05) is 123 Å². The van der Waals surface area contributed by atoms with Gasteiger partial charge in [0.2, 0.25) is 52.1 Å². The molecule has 2 aliphatic rings. The highest BCUT2D eigenvalue weighted by atomic mass is 19.4. The van der Waals surface area contributed by atoms with E-state index in [4.69, 9.17) is 14.2 Å². The number of carbonyl (C=O) groups excluding carboxylic acids is 4. The van der Waals surface area contributed by atoms with Crippen molar-refractivity contribution in [3.63, 3.8) is 0 Å². The highest BCUT2D eigenvalue weighted by Gasteiger charge is 2.33. The second-order valence-corrected chi connectivity index (χ2v) is 22.8. The van der Waals surface area contributed by atoms with Gasteiger partial charge in [0.05, 0.1) is 11.3 Å². The molecule has 2 aromatic carbocycles. The van der Waals surface area contributed by atoms with Crippen LogP contribution in [0.25, 0.3) is 22.8 Å². The zero-order chi connectivity index (χ0) is 78.6. The van der Waals surface area contributed by atoms with E-state index in [0.717, 1.165) is 55.1 Å². The Morgan fingerprint density at radius 1 is 0.557 bits per heavy atom. The number of aromatic nitrogens is 16. The Labute approximate surface area is 601 Å². The summed E-state index contributed by atoms with van der Waals surface area (Å²) >= 11 is 0. The van der Waals surface area contributed by atoms with Crippen molar-refractivity contribution < 1.29 is 55.7 Å². The first kappa shape index (κ1) is 85.0. The molecule has 0 radical (unpaired) electrons. The molecular formula is C71H80F4N18O13. The monoisotopic (exact) mass is 1470 g/mol. The molecule has 10 aromatic heterocycles. The van der Waals surface area contributed by atoms with Crippen LogP contribution in [-0.2, 0) is 32.4 Å². The summed E-state index contributed by atoms with van der Waals surface area (Å²) in [6.45, 7) is 19.7. The molecular weight excluding hydrogens is 1390 g/mol. The number of hydrogen-bond donors (Lipinski definition) is 9. The maximum absolute atomic E-state index is 13.2. The number of alkyl halides is 3. The summed E-state index contributed by atoms with van der Waals surface area (Å²) in [6.07, 6.45) is 5.82. The third-order valence-corrected chi connectivity index (χ3v) is 13.6. The number of halogens is 4. The minimum atomic E-state index is -4.33. The number of aromatic carboxylic acids is 1. The molecule has 2 unspecified atom stereocenters. The number of nitrogens with zero attached hydrogens (tertiary/aromatic N) is 10. The summed E-state index contributed by atoms with van der Waals surface area (Å²) in [5, 5.41) is 36.0. The second kappa shape index (κ2) is 42.8. The van der Waals surface area contributed by atoms with Gasteiger partial charge in [-0.3, -0.25) is 69.2 Å². The Kier molecular flexibility index (Phi) is 34.3. The number of imide groups is 2. The van der Waals surface area contributed by atoms with Crippen molar-refractivity contribution in [3.05, 3.63) is 285 Å². The SMILES string of the molecule is CC1CC(=O)NC1=O.CC1CCC(=O)NC1=O.Cc1cc(-c2ccccn2)n[nH]1.Cc1cc(C(F)(F)F)n[nH]1.Cc1cc[nH]c(=O)c1.Cc1ccc(=O)[nH]c1.Cc1cccc(=O)[nH]1.Cc1ccn[nH]1.Cc1ccnn1C.Cc1nc(=O)n(-c2ccccc2C(=O)O)o1.Cc1nc(=O)n(-c2ccccc2F)o1. The van der Waals surface area contributed by atoms with Crippen molar-refractivity contribution in [1.82, 2.24) is 90.4 Å². The molecule has 2 atom stereocenters. The average molecular weight is 1470 g/mol. The number of rotatable bonds is 4. The van der Waals surface area contributed by atoms with Gasteiger partial charge in [-0.1, -0.05) is 56.3 Å². The van der Waals surface area contributed by atoms with E-state index in [9.17, 15) is 65.5 Å². The van der Waals surface area contributed by atoms with Crippen molar-refractivity contribution in [2.24, 2.45) is 18.9 Å². The Morgan fingerprint density at radius 3 is 1.54 bits per heavy atom. The van der Waals surface area contributed by atoms with Gasteiger partial charge in [0.15, 0.2) is 11.5 Å². The molecule has 12 heterocycles. The lowest BCUT2D eigenvalue weighted by Gasteiger charge is -2.15. The van der Waals surface area contributed by atoms with E-state index >= 15 is 0 Å². The standard InChI is InChI=1S/C10H8N2O4.C9H7FN2O2.C9H9N3.C6H9NO2.3C6H7NO.C5H5F3N2.C5H8N2.C5H7NO2.C4H6N2/c1-6-11-10(15)12(16-6)8-5-3-2-4-7(8)9(13)14;1-6-11-9(13)12(14-6)8-5-3-2-4-7(8)10;1-7-6-9(12-11-7)8-4-2-3-5-10-8;1-4-2-3-5(8)7-6(4)9;1-5-2-3-7-6(8)4-5;1-5-2-3-6(8)7-4-5;1-5-3-2-4-6(8)7-5;1-3-2-4(10-9-3)5(6,7)8;1-5-3-4-6-7(5)2;1-3-2-4(7)6-5(3)8;1-4-2-3-5-6-4/h2-5H,1H3,(H,13,14);2-5H,1H3;2-6H,1H3,(H,11,12);4H,2-3H2,1H3,(H,7,8,9);3*2-4H,1H3,(H,7,8);2H,1H3,(H,9,10);3-4H,1-2H3;3H,2H2,1H3,(H,6,7,8);2-3H,1H3,(H,5,6). The predicted octanol–water partition coefficient (Wildman–Crippen LogP) is 8.85. The van der Waals surface area contributed by atoms with Gasteiger partial charge in [-0.25, -0.2) is 18.8 Å². The van der Waals surface area contributed by atoms with Crippen molar-refractivity contribution in [3.8, 4) is 22.8 Å². The number of aryl methyl sites for hydroxylation is 10. The predicted molar refractivity (Wildman–Crippen MR) is 381 cm³/mol. The van der Waals surface area contributed by atoms with Crippen molar-refractivity contribution in [2.45, 2.75) is 102 Å². The summed E-state index contributed by atoms with van der Waals surface area (Å²) in [5.74, 6) is -1.92. The normalized spacial score (nSPS) is 12.9. The van der Waals surface area contributed by atoms with Crippen molar-refractivity contribution in [2.75, 3.05) is 0 Å². The average Bonchev–Trinajstić information content (AvgIpc) is 1.64. The largest absolute Gasteiger partial charge is 0.478 e. The number of para-hydroxylation sites is 2. The van der Waals surface area contributed by atoms with Crippen LogP contribution >= 0.6 is 0 Å². The Bertz CT molecular complexity index is 4960. The van der Waals surface area contributed by atoms with Crippen LogP contribution in [-0.4, -0.2) is 114 Å². The molecule has 2 aliphatic heterocycles. The molecule has 2 saturated heterocycles. The van der Waals surface area contributed by atoms with Gasteiger partial charge >= 0.3 is 23.5 Å². The number of piperidine rings is 1. The van der Waals surface area contributed by atoms with Crippen LogP contribution in [0.3, 0.4) is 0 Å². The summed E-state index contributed by atoms with van der Waals surface area (Å²) in [5.41, 5.74) is 6.51. The zero-order valence-electron chi connectivity index (χ0n) is 59.7. The number of pyridine rings is 4. The number of H-pyrrole nitrogens is 6. The molecule has 35 heteroatoms. The third-order valence-electron chi connectivity index (χ3n) is 13.6. The molecule has 0 saturated carbocycles. The van der Waals surface area contributed by atoms with E-state index in [1.54, 1.807) is 74.3 Å². The highest BCUT2D eigenvalue weighted by Crippen LogP contribution is 2.27. The first-order valence-corrected chi connectivity index (χ1v) is 31.9. The maximum atomic E-state index is 13.2. The molecule has 560 valence electrons. The van der Waals surface area contributed by atoms with Crippen LogP contribution in [0.4, 0.5) is 17.6 Å². The summed E-state index contributed by atoms with van der Waals surface area (Å²) < 4.78 is 61.8.